The lowest BCUT2D eigenvalue weighted by Crippen LogP contribution is -1.99. The quantitative estimate of drug-likeness (QED) is 0.806. The van der Waals surface area contributed by atoms with Crippen LogP contribution in [0.15, 0.2) is 48.5 Å². The first-order valence-corrected chi connectivity index (χ1v) is 5.86. The third kappa shape index (κ3) is 3.51. The second-order valence-electron chi connectivity index (χ2n) is 3.65. The fourth-order valence-electron chi connectivity index (χ4n) is 1.44. The molecule has 1 nitrogen and oxygen atoms in total. The molecule has 0 aliphatic heterocycles. The molecular formula is C15H11ClFN. The highest BCUT2D eigenvalue weighted by atomic mass is 35.5. The van der Waals surface area contributed by atoms with Crippen LogP contribution in [-0.2, 0) is 0 Å². The molecule has 0 saturated heterocycles. The van der Waals surface area contributed by atoms with Crippen molar-refractivity contribution >= 4 is 17.3 Å². The number of halogens is 2. The van der Waals surface area contributed by atoms with Crippen molar-refractivity contribution in [3.8, 4) is 11.8 Å². The Labute approximate surface area is 111 Å². The van der Waals surface area contributed by atoms with Gasteiger partial charge < -0.3 is 5.32 Å². The summed E-state index contributed by atoms with van der Waals surface area (Å²) >= 11 is 5.91. The van der Waals surface area contributed by atoms with E-state index in [1.54, 1.807) is 0 Å². The molecule has 0 fully saturated rings. The molecule has 3 heteroatoms. The van der Waals surface area contributed by atoms with Crippen molar-refractivity contribution in [2.24, 2.45) is 0 Å². The third-order valence-corrected chi connectivity index (χ3v) is 2.63. The molecule has 0 unspecified atom stereocenters. The van der Waals surface area contributed by atoms with Crippen molar-refractivity contribution in [3.63, 3.8) is 0 Å². The first-order chi connectivity index (χ1) is 8.75. The molecule has 0 saturated carbocycles. The molecule has 2 rings (SSSR count). The second kappa shape index (κ2) is 6.09. The average Bonchev–Trinajstić information content (AvgIpc) is 2.40. The van der Waals surface area contributed by atoms with E-state index in [1.165, 1.54) is 18.2 Å². The standard InChI is InChI=1S/C15H11ClFN/c16-14-9-8-13(17)11-15(14)18-10-4-7-12-5-2-1-3-6-12/h1-3,5-6,8-9,11,18H,10H2. The van der Waals surface area contributed by atoms with Crippen LogP contribution in [0.2, 0.25) is 5.02 Å². The SMILES string of the molecule is Fc1ccc(Cl)c(NCC#Cc2ccccc2)c1. The van der Waals surface area contributed by atoms with E-state index in [0.29, 0.717) is 17.3 Å². The summed E-state index contributed by atoms with van der Waals surface area (Å²) in [7, 11) is 0. The molecule has 0 heterocycles. The van der Waals surface area contributed by atoms with Crippen LogP contribution in [0.25, 0.3) is 0 Å². The van der Waals surface area contributed by atoms with E-state index in [1.807, 2.05) is 30.3 Å². The Morgan fingerprint density at radius 2 is 1.89 bits per heavy atom. The maximum Gasteiger partial charge on any atom is 0.125 e. The van der Waals surface area contributed by atoms with Gasteiger partial charge in [-0.15, -0.1) is 0 Å². The van der Waals surface area contributed by atoms with Gasteiger partial charge in [-0.25, -0.2) is 4.39 Å². The predicted molar refractivity (Wildman–Crippen MR) is 73.2 cm³/mol. The minimum absolute atomic E-state index is 0.321. The average molecular weight is 260 g/mol. The number of hydrogen-bond donors (Lipinski definition) is 1. The van der Waals surface area contributed by atoms with E-state index in [0.717, 1.165) is 5.56 Å². The van der Waals surface area contributed by atoms with E-state index in [9.17, 15) is 4.39 Å². The molecular weight excluding hydrogens is 249 g/mol. The molecule has 0 atom stereocenters. The molecule has 2 aromatic rings. The number of rotatable bonds is 2. The zero-order chi connectivity index (χ0) is 12.8. The summed E-state index contributed by atoms with van der Waals surface area (Å²) in [5, 5.41) is 3.46. The molecule has 0 radical (unpaired) electrons. The fourth-order valence-corrected chi connectivity index (χ4v) is 1.62. The molecule has 18 heavy (non-hydrogen) atoms. The minimum atomic E-state index is -0.321. The molecule has 0 bridgehead atoms. The highest BCUT2D eigenvalue weighted by Gasteiger charge is 1.99. The van der Waals surface area contributed by atoms with Crippen molar-refractivity contribution in [1.82, 2.24) is 0 Å². The summed E-state index contributed by atoms with van der Waals surface area (Å²) in [4.78, 5) is 0. The van der Waals surface area contributed by atoms with Crippen LogP contribution in [0.3, 0.4) is 0 Å². The van der Waals surface area contributed by atoms with Crippen LogP contribution < -0.4 is 5.32 Å². The zero-order valence-electron chi connectivity index (χ0n) is 9.58. The summed E-state index contributed by atoms with van der Waals surface area (Å²) in [6, 6.07) is 13.9. The van der Waals surface area contributed by atoms with Gasteiger partial charge in [0.05, 0.1) is 17.3 Å². The lowest BCUT2D eigenvalue weighted by Gasteiger charge is -2.04. The summed E-state index contributed by atoms with van der Waals surface area (Å²) in [5.41, 5.74) is 1.50. The van der Waals surface area contributed by atoms with Crippen molar-refractivity contribution in [2.45, 2.75) is 0 Å². The highest BCUT2D eigenvalue weighted by Crippen LogP contribution is 2.21. The lowest BCUT2D eigenvalue weighted by atomic mass is 10.2. The highest BCUT2D eigenvalue weighted by molar-refractivity contribution is 6.33. The maximum atomic E-state index is 13.0. The lowest BCUT2D eigenvalue weighted by molar-refractivity contribution is 0.628. The Bertz CT molecular complexity index is 584. The van der Waals surface area contributed by atoms with Crippen LogP contribution in [0, 0.1) is 17.7 Å². The molecule has 0 aliphatic carbocycles. The summed E-state index contributed by atoms with van der Waals surface area (Å²) < 4.78 is 13.0. The number of benzene rings is 2. The van der Waals surface area contributed by atoms with Gasteiger partial charge in [-0.05, 0) is 30.3 Å². The molecule has 1 N–H and O–H groups in total. The zero-order valence-corrected chi connectivity index (χ0v) is 10.3. The Balaban J connectivity index is 1.97. The molecule has 2 aromatic carbocycles. The van der Waals surface area contributed by atoms with E-state index in [2.05, 4.69) is 17.2 Å². The van der Waals surface area contributed by atoms with E-state index in [-0.39, 0.29) is 5.82 Å². The van der Waals surface area contributed by atoms with Gasteiger partial charge in [0.15, 0.2) is 0 Å². The summed E-state index contributed by atoms with van der Waals surface area (Å²) in [6.45, 7) is 0.415. The first kappa shape index (κ1) is 12.5. The predicted octanol–water partition coefficient (Wildman–Crippen LogP) is 3.94. The van der Waals surface area contributed by atoms with Crippen LogP contribution >= 0.6 is 11.6 Å². The monoisotopic (exact) mass is 259 g/mol. The number of nitrogens with one attached hydrogen (secondary N) is 1. The van der Waals surface area contributed by atoms with E-state index < -0.39 is 0 Å². The van der Waals surface area contributed by atoms with Crippen molar-refractivity contribution in [3.05, 3.63) is 64.9 Å². The van der Waals surface area contributed by atoms with Gasteiger partial charge >= 0.3 is 0 Å². The van der Waals surface area contributed by atoms with Gasteiger partial charge in [0.2, 0.25) is 0 Å². The maximum absolute atomic E-state index is 13.0. The van der Waals surface area contributed by atoms with E-state index >= 15 is 0 Å². The molecule has 0 spiro atoms. The van der Waals surface area contributed by atoms with Gasteiger partial charge in [0.1, 0.15) is 5.82 Å². The smallest absolute Gasteiger partial charge is 0.125 e. The van der Waals surface area contributed by atoms with Crippen molar-refractivity contribution in [2.75, 3.05) is 11.9 Å². The Hall–Kier alpha value is -1.98. The van der Waals surface area contributed by atoms with E-state index in [4.69, 9.17) is 11.6 Å². The van der Waals surface area contributed by atoms with Crippen LogP contribution in [-0.4, -0.2) is 6.54 Å². The largest absolute Gasteiger partial charge is 0.373 e. The Morgan fingerprint density at radius 3 is 2.67 bits per heavy atom. The van der Waals surface area contributed by atoms with Crippen LogP contribution in [0.5, 0.6) is 0 Å². The van der Waals surface area contributed by atoms with Gasteiger partial charge in [0.25, 0.3) is 0 Å². The number of hydrogen-bond acceptors (Lipinski definition) is 1. The first-order valence-electron chi connectivity index (χ1n) is 5.48. The summed E-state index contributed by atoms with van der Waals surface area (Å²) in [6.07, 6.45) is 0. The fraction of sp³-hybridized carbons (Fsp3) is 0.0667. The minimum Gasteiger partial charge on any atom is -0.373 e. The van der Waals surface area contributed by atoms with Crippen molar-refractivity contribution < 1.29 is 4.39 Å². The molecule has 0 aromatic heterocycles. The second-order valence-corrected chi connectivity index (χ2v) is 4.05. The summed E-state index contributed by atoms with van der Waals surface area (Å²) in [5.74, 6) is 5.63. The topological polar surface area (TPSA) is 12.0 Å². The van der Waals surface area contributed by atoms with Gasteiger partial charge in [0, 0.05) is 5.56 Å². The van der Waals surface area contributed by atoms with Gasteiger partial charge in [-0.1, -0.05) is 41.6 Å². The van der Waals surface area contributed by atoms with Crippen LogP contribution in [0.4, 0.5) is 10.1 Å². The third-order valence-electron chi connectivity index (χ3n) is 2.30. The Morgan fingerprint density at radius 1 is 1.11 bits per heavy atom. The molecule has 0 amide bonds. The van der Waals surface area contributed by atoms with Crippen LogP contribution in [0.1, 0.15) is 5.56 Å². The molecule has 90 valence electrons. The van der Waals surface area contributed by atoms with Gasteiger partial charge in [-0.3, -0.25) is 0 Å². The van der Waals surface area contributed by atoms with Crippen molar-refractivity contribution in [1.29, 1.82) is 0 Å². The number of anilines is 1. The Kier molecular flexibility index (Phi) is 4.22. The molecule has 0 aliphatic rings. The van der Waals surface area contributed by atoms with Gasteiger partial charge in [-0.2, -0.15) is 0 Å². The normalized spacial score (nSPS) is 9.44.